The number of alkyl halides is 3. The van der Waals surface area contributed by atoms with E-state index >= 15 is 0 Å². The highest BCUT2D eigenvalue weighted by Crippen LogP contribution is 2.44. The molecule has 102 valence electrons. The van der Waals surface area contributed by atoms with Gasteiger partial charge in [0.25, 0.3) is 5.95 Å². The maximum atomic E-state index is 13.2. The number of aromatic nitrogens is 2. The Hall–Kier alpha value is -1.31. The van der Waals surface area contributed by atoms with Crippen molar-refractivity contribution in [1.29, 1.82) is 0 Å². The van der Waals surface area contributed by atoms with Crippen LogP contribution in [0.1, 0.15) is 19.2 Å². The molecule has 0 bridgehead atoms. The van der Waals surface area contributed by atoms with E-state index in [1.54, 1.807) is 11.9 Å². The highest BCUT2D eigenvalue weighted by Gasteiger charge is 2.61. The molecule has 1 N–H and O–H groups in total. The van der Waals surface area contributed by atoms with E-state index in [-0.39, 0.29) is 24.8 Å². The van der Waals surface area contributed by atoms with Gasteiger partial charge in [-0.25, -0.2) is 0 Å². The lowest BCUT2D eigenvalue weighted by molar-refractivity contribution is -0.191. The van der Waals surface area contributed by atoms with Crippen molar-refractivity contribution in [2.45, 2.75) is 24.9 Å². The van der Waals surface area contributed by atoms with Crippen LogP contribution in [0.5, 0.6) is 0 Å². The molecule has 1 aliphatic heterocycles. The van der Waals surface area contributed by atoms with Crippen molar-refractivity contribution in [1.82, 2.24) is 15.5 Å². The molecule has 2 rings (SSSR count). The summed E-state index contributed by atoms with van der Waals surface area (Å²) in [6.07, 6.45) is -4.47. The fraction of sp³-hybridized carbons (Fsp3) is 0.800. The second kappa shape index (κ2) is 4.42. The van der Waals surface area contributed by atoms with E-state index in [0.29, 0.717) is 13.1 Å². The fourth-order valence-corrected chi connectivity index (χ4v) is 1.94. The third-order valence-electron chi connectivity index (χ3n) is 3.34. The summed E-state index contributed by atoms with van der Waals surface area (Å²) < 4.78 is 44.5. The van der Waals surface area contributed by atoms with Gasteiger partial charge in [0.1, 0.15) is 0 Å². The molecule has 1 unspecified atom stereocenters. The summed E-state index contributed by atoms with van der Waals surface area (Å²) in [5.74, 6) is -0.168. The Kier molecular flexibility index (Phi) is 3.22. The highest BCUT2D eigenvalue weighted by atomic mass is 19.4. The summed E-state index contributed by atoms with van der Waals surface area (Å²) in [5, 5.41) is 6.31. The van der Waals surface area contributed by atoms with E-state index < -0.39 is 11.6 Å². The number of hydrogen-bond donors (Lipinski definition) is 1. The number of nitrogens with zero attached hydrogens (tertiary/aromatic N) is 3. The van der Waals surface area contributed by atoms with Crippen LogP contribution in [0.2, 0.25) is 0 Å². The molecule has 0 aliphatic carbocycles. The van der Waals surface area contributed by atoms with Crippen LogP contribution in [0.4, 0.5) is 19.1 Å². The molecule has 1 fully saturated rings. The van der Waals surface area contributed by atoms with E-state index in [0.717, 1.165) is 0 Å². The van der Waals surface area contributed by atoms with Gasteiger partial charge in [-0.2, -0.15) is 18.2 Å². The van der Waals surface area contributed by atoms with Crippen molar-refractivity contribution in [3.05, 3.63) is 5.89 Å². The molecule has 1 aromatic heterocycles. The molecule has 0 radical (unpaired) electrons. The van der Waals surface area contributed by atoms with Crippen molar-refractivity contribution in [3.63, 3.8) is 0 Å². The molecule has 18 heavy (non-hydrogen) atoms. The molecule has 8 heteroatoms. The standard InChI is InChI=1S/C10H15F3N4O/c1-3-17(2)8-15-7(18-16-8)9(10(11,12)13)4-5-14-6-9/h14H,3-6H2,1-2H3. The van der Waals surface area contributed by atoms with Crippen LogP contribution in [0, 0.1) is 0 Å². The minimum Gasteiger partial charge on any atom is -0.342 e. The van der Waals surface area contributed by atoms with Crippen LogP contribution in [0.3, 0.4) is 0 Å². The third kappa shape index (κ3) is 1.94. The fourth-order valence-electron chi connectivity index (χ4n) is 1.94. The number of nitrogens with one attached hydrogen (secondary N) is 1. The van der Waals surface area contributed by atoms with Gasteiger partial charge >= 0.3 is 6.18 Å². The lowest BCUT2D eigenvalue weighted by Crippen LogP contribution is -2.44. The predicted octanol–water partition coefficient (Wildman–Crippen LogP) is 1.32. The zero-order valence-corrected chi connectivity index (χ0v) is 10.2. The van der Waals surface area contributed by atoms with Crippen molar-refractivity contribution < 1.29 is 17.7 Å². The molecule has 1 atom stereocenters. The first-order valence-corrected chi connectivity index (χ1v) is 5.73. The van der Waals surface area contributed by atoms with Gasteiger partial charge in [-0.1, -0.05) is 0 Å². The summed E-state index contributed by atoms with van der Waals surface area (Å²) in [4.78, 5) is 5.51. The first-order chi connectivity index (χ1) is 8.40. The Morgan fingerprint density at radius 3 is 2.72 bits per heavy atom. The van der Waals surface area contributed by atoms with E-state index in [2.05, 4.69) is 15.5 Å². The summed E-state index contributed by atoms with van der Waals surface area (Å²) in [6.45, 7) is 2.53. The Labute approximate surface area is 102 Å². The molecule has 1 aliphatic rings. The van der Waals surface area contributed by atoms with E-state index in [1.807, 2.05) is 6.92 Å². The maximum Gasteiger partial charge on any atom is 0.404 e. The van der Waals surface area contributed by atoms with E-state index in [4.69, 9.17) is 4.52 Å². The van der Waals surface area contributed by atoms with Crippen LogP contribution >= 0.6 is 0 Å². The largest absolute Gasteiger partial charge is 0.404 e. The number of anilines is 1. The lowest BCUT2D eigenvalue weighted by Gasteiger charge is -2.26. The Morgan fingerprint density at radius 2 is 2.22 bits per heavy atom. The Morgan fingerprint density at radius 1 is 1.50 bits per heavy atom. The third-order valence-corrected chi connectivity index (χ3v) is 3.34. The zero-order valence-electron chi connectivity index (χ0n) is 10.2. The minimum absolute atomic E-state index is 0.0754. The molecule has 0 spiro atoms. The molecule has 0 aromatic carbocycles. The van der Waals surface area contributed by atoms with Gasteiger partial charge in [-0.05, 0) is 25.0 Å². The van der Waals surface area contributed by atoms with Gasteiger partial charge in [-0.3, -0.25) is 0 Å². The summed E-state index contributed by atoms with van der Waals surface area (Å²) in [7, 11) is 1.70. The average Bonchev–Trinajstić information content (AvgIpc) is 2.95. The average molecular weight is 264 g/mol. The first-order valence-electron chi connectivity index (χ1n) is 5.73. The molecular formula is C10H15F3N4O. The van der Waals surface area contributed by atoms with Gasteiger partial charge in [-0.15, -0.1) is 0 Å². The van der Waals surface area contributed by atoms with Crippen molar-refractivity contribution in [3.8, 4) is 0 Å². The molecule has 0 saturated carbocycles. The smallest absolute Gasteiger partial charge is 0.342 e. The quantitative estimate of drug-likeness (QED) is 0.892. The van der Waals surface area contributed by atoms with Crippen LogP contribution in [0.15, 0.2) is 4.52 Å². The number of halogens is 3. The topological polar surface area (TPSA) is 54.2 Å². The molecule has 1 saturated heterocycles. The second-order valence-corrected chi connectivity index (χ2v) is 4.42. The normalized spacial score (nSPS) is 24.5. The molecular weight excluding hydrogens is 249 g/mol. The highest BCUT2D eigenvalue weighted by molar-refractivity contribution is 5.28. The summed E-state index contributed by atoms with van der Waals surface area (Å²) >= 11 is 0. The molecule has 1 aromatic rings. The first kappa shape index (κ1) is 13.1. The van der Waals surface area contributed by atoms with Crippen LogP contribution in [0.25, 0.3) is 0 Å². The monoisotopic (exact) mass is 264 g/mol. The lowest BCUT2D eigenvalue weighted by atomic mass is 9.86. The van der Waals surface area contributed by atoms with Gasteiger partial charge in [0.2, 0.25) is 5.89 Å². The van der Waals surface area contributed by atoms with Gasteiger partial charge in [0.15, 0.2) is 5.41 Å². The van der Waals surface area contributed by atoms with Crippen molar-refractivity contribution in [2.24, 2.45) is 0 Å². The summed E-state index contributed by atoms with van der Waals surface area (Å²) in [6, 6.07) is 0. The van der Waals surface area contributed by atoms with E-state index in [9.17, 15) is 13.2 Å². The maximum absolute atomic E-state index is 13.2. The summed E-state index contributed by atoms with van der Waals surface area (Å²) in [5.41, 5.74) is -2.05. The van der Waals surface area contributed by atoms with Crippen molar-refractivity contribution in [2.75, 3.05) is 31.6 Å². The zero-order chi connectivity index (χ0) is 13.4. The van der Waals surface area contributed by atoms with E-state index in [1.165, 1.54) is 0 Å². The predicted molar refractivity (Wildman–Crippen MR) is 58.5 cm³/mol. The number of rotatable bonds is 3. The van der Waals surface area contributed by atoms with Crippen LogP contribution < -0.4 is 10.2 Å². The Bertz CT molecular complexity index is 412. The van der Waals surface area contributed by atoms with Gasteiger partial charge in [0.05, 0.1) is 0 Å². The number of hydrogen-bond acceptors (Lipinski definition) is 5. The van der Waals surface area contributed by atoms with Crippen molar-refractivity contribution >= 4 is 5.95 Å². The van der Waals surface area contributed by atoms with Crippen LogP contribution in [-0.4, -0.2) is 43.0 Å². The Balaban J connectivity index is 2.36. The molecule has 5 nitrogen and oxygen atoms in total. The van der Waals surface area contributed by atoms with Gasteiger partial charge < -0.3 is 14.7 Å². The second-order valence-electron chi connectivity index (χ2n) is 4.42. The van der Waals surface area contributed by atoms with Crippen LogP contribution in [-0.2, 0) is 5.41 Å². The minimum atomic E-state index is -4.40. The van der Waals surface area contributed by atoms with Gasteiger partial charge in [0, 0.05) is 20.1 Å². The molecule has 0 amide bonds. The molecule has 2 heterocycles. The SMILES string of the molecule is CCN(C)c1noc(C2(C(F)(F)F)CCNC2)n1.